The fourth-order valence-electron chi connectivity index (χ4n) is 3.91. The average Bonchev–Trinajstić information content (AvgIpc) is 3.07. The van der Waals surface area contributed by atoms with E-state index in [9.17, 15) is 5.26 Å². The number of hydrogen-bond acceptors (Lipinski definition) is 7. The van der Waals surface area contributed by atoms with E-state index in [1.54, 1.807) is 0 Å². The Kier molecular flexibility index (Phi) is 3.86. The number of nitrogens with one attached hydrogen (secondary N) is 1. The number of nitriles is 1. The van der Waals surface area contributed by atoms with Crippen molar-refractivity contribution in [1.82, 2.24) is 15.1 Å². The van der Waals surface area contributed by atoms with Crippen LogP contribution in [0.2, 0.25) is 0 Å². The number of aromatic nitrogens is 3. The fraction of sp³-hybridized carbons (Fsp3) is 0.579. The largest absolute Gasteiger partial charge is 0.369 e. The summed E-state index contributed by atoms with van der Waals surface area (Å²) in [4.78, 5) is 9.23. The summed E-state index contributed by atoms with van der Waals surface area (Å²) in [6.45, 7) is 1.35. The normalized spacial score (nSPS) is 24.4. The zero-order chi connectivity index (χ0) is 17.5. The van der Waals surface area contributed by atoms with Gasteiger partial charge >= 0.3 is 0 Å². The van der Waals surface area contributed by atoms with Gasteiger partial charge in [-0.3, -0.25) is 0 Å². The fourth-order valence-corrected chi connectivity index (χ4v) is 3.91. The Balaban J connectivity index is 1.30. The van der Waals surface area contributed by atoms with Gasteiger partial charge in [-0.05, 0) is 50.2 Å². The Morgan fingerprint density at radius 3 is 3.00 bits per heavy atom. The lowest BCUT2D eigenvalue weighted by atomic mass is 10.0. The predicted molar refractivity (Wildman–Crippen MR) is 92.5 cm³/mol. The van der Waals surface area contributed by atoms with Crippen LogP contribution in [0, 0.1) is 17.2 Å². The first kappa shape index (κ1) is 15.8. The SMILES string of the molecule is N#Cc1cc2c(nc1NC[C@@H]1CCO[C@@H]1c1nc(C3CC3)no1)CCC2. The van der Waals surface area contributed by atoms with Crippen LogP contribution in [-0.4, -0.2) is 28.3 Å². The second-order valence-electron chi connectivity index (χ2n) is 7.44. The summed E-state index contributed by atoms with van der Waals surface area (Å²) in [6.07, 6.45) is 6.18. The van der Waals surface area contributed by atoms with Crippen molar-refractivity contribution in [2.24, 2.45) is 5.92 Å². The zero-order valence-corrected chi connectivity index (χ0v) is 14.6. The number of anilines is 1. The topological polar surface area (TPSA) is 96.9 Å². The summed E-state index contributed by atoms with van der Waals surface area (Å²) in [5.74, 6) is 2.78. The molecule has 5 rings (SSSR count). The van der Waals surface area contributed by atoms with Gasteiger partial charge in [0.15, 0.2) is 5.82 Å². The smallest absolute Gasteiger partial charge is 0.256 e. The number of pyridine rings is 1. The molecule has 7 nitrogen and oxygen atoms in total. The van der Waals surface area contributed by atoms with Crippen molar-refractivity contribution in [1.29, 1.82) is 5.26 Å². The van der Waals surface area contributed by atoms with Crippen LogP contribution in [-0.2, 0) is 17.6 Å². The van der Waals surface area contributed by atoms with Crippen molar-refractivity contribution < 1.29 is 9.26 Å². The first-order valence-electron chi connectivity index (χ1n) is 9.43. The lowest BCUT2D eigenvalue weighted by Crippen LogP contribution is -2.19. The van der Waals surface area contributed by atoms with Gasteiger partial charge in [0.05, 0.1) is 5.56 Å². The van der Waals surface area contributed by atoms with Crippen molar-refractivity contribution in [2.45, 2.75) is 50.5 Å². The van der Waals surface area contributed by atoms with Crippen molar-refractivity contribution in [3.8, 4) is 6.07 Å². The lowest BCUT2D eigenvalue weighted by Gasteiger charge is -2.17. The summed E-state index contributed by atoms with van der Waals surface area (Å²) in [5.41, 5.74) is 2.96. The molecule has 3 aliphatic rings. The molecule has 2 atom stereocenters. The minimum Gasteiger partial charge on any atom is -0.369 e. The third-order valence-electron chi connectivity index (χ3n) is 5.56. The standard InChI is InChI=1S/C19H21N5O2/c20-9-14-8-12-2-1-3-15(12)22-17(14)21-10-13-6-7-25-16(13)19-23-18(24-26-19)11-4-5-11/h8,11,13,16H,1-7,10H2,(H,21,22)/t13-,16-/m0/s1. The van der Waals surface area contributed by atoms with Crippen molar-refractivity contribution >= 4 is 5.82 Å². The van der Waals surface area contributed by atoms with Crippen LogP contribution < -0.4 is 5.32 Å². The van der Waals surface area contributed by atoms with E-state index in [1.807, 2.05) is 6.07 Å². The van der Waals surface area contributed by atoms with Gasteiger partial charge in [-0.1, -0.05) is 5.16 Å². The second kappa shape index (κ2) is 6.36. The molecule has 2 aliphatic carbocycles. The molecule has 0 radical (unpaired) electrons. The van der Waals surface area contributed by atoms with Crippen LogP contribution in [0.3, 0.4) is 0 Å². The molecule has 2 fully saturated rings. The molecular weight excluding hydrogens is 330 g/mol. The van der Waals surface area contributed by atoms with Gasteiger partial charge in [-0.15, -0.1) is 0 Å². The Morgan fingerprint density at radius 1 is 1.23 bits per heavy atom. The Bertz CT molecular complexity index is 867. The number of hydrogen-bond donors (Lipinski definition) is 1. The maximum absolute atomic E-state index is 9.44. The van der Waals surface area contributed by atoms with Gasteiger partial charge in [0.1, 0.15) is 18.0 Å². The maximum Gasteiger partial charge on any atom is 0.256 e. The van der Waals surface area contributed by atoms with Gasteiger partial charge in [-0.25, -0.2) is 4.98 Å². The van der Waals surface area contributed by atoms with E-state index in [1.165, 1.54) is 5.56 Å². The third-order valence-corrected chi connectivity index (χ3v) is 5.56. The molecule has 0 amide bonds. The monoisotopic (exact) mass is 351 g/mol. The highest BCUT2D eigenvalue weighted by Gasteiger charge is 2.36. The molecular formula is C19H21N5O2. The number of rotatable bonds is 5. The zero-order valence-electron chi connectivity index (χ0n) is 14.6. The molecule has 1 saturated heterocycles. The number of nitrogens with zero attached hydrogens (tertiary/aromatic N) is 4. The van der Waals surface area contributed by atoms with Crippen LogP contribution in [0.15, 0.2) is 10.6 Å². The quantitative estimate of drug-likeness (QED) is 0.884. The van der Waals surface area contributed by atoms with Gasteiger partial charge in [0.2, 0.25) is 0 Å². The molecule has 2 aromatic heterocycles. The van der Waals surface area contributed by atoms with Crippen LogP contribution in [0.5, 0.6) is 0 Å². The highest BCUT2D eigenvalue weighted by atomic mass is 16.5. The minimum absolute atomic E-state index is 0.178. The molecule has 2 aromatic rings. The Hall–Kier alpha value is -2.46. The van der Waals surface area contributed by atoms with Gasteiger partial charge < -0.3 is 14.6 Å². The minimum atomic E-state index is -0.178. The molecule has 1 saturated carbocycles. The number of fused-ring (bicyclic) bond motifs is 1. The molecule has 26 heavy (non-hydrogen) atoms. The Labute approximate surface area is 151 Å². The molecule has 1 N–H and O–H groups in total. The lowest BCUT2D eigenvalue weighted by molar-refractivity contribution is 0.0650. The first-order chi connectivity index (χ1) is 12.8. The molecule has 0 aromatic carbocycles. The highest BCUT2D eigenvalue weighted by Crippen LogP contribution is 2.40. The number of ether oxygens (including phenoxy) is 1. The van der Waals surface area contributed by atoms with Crippen molar-refractivity contribution in [3.63, 3.8) is 0 Å². The van der Waals surface area contributed by atoms with Crippen molar-refractivity contribution in [2.75, 3.05) is 18.5 Å². The summed E-state index contributed by atoms with van der Waals surface area (Å²) >= 11 is 0. The molecule has 0 unspecified atom stereocenters. The van der Waals surface area contributed by atoms with E-state index in [0.717, 1.165) is 50.0 Å². The van der Waals surface area contributed by atoms with Gasteiger partial charge in [-0.2, -0.15) is 10.2 Å². The summed E-state index contributed by atoms with van der Waals surface area (Å²) < 4.78 is 11.3. The molecule has 134 valence electrons. The molecule has 1 aliphatic heterocycles. The van der Waals surface area contributed by atoms with Crippen LogP contribution in [0.4, 0.5) is 5.82 Å². The van der Waals surface area contributed by atoms with Crippen LogP contribution >= 0.6 is 0 Å². The third kappa shape index (κ3) is 2.84. The maximum atomic E-state index is 9.44. The average molecular weight is 351 g/mol. The molecule has 3 heterocycles. The van der Waals surface area contributed by atoms with Crippen LogP contribution in [0.25, 0.3) is 0 Å². The number of aryl methyl sites for hydroxylation is 2. The molecule has 7 heteroatoms. The van der Waals surface area contributed by atoms with Crippen molar-refractivity contribution in [3.05, 3.63) is 34.6 Å². The van der Waals surface area contributed by atoms with E-state index in [4.69, 9.17) is 14.2 Å². The van der Waals surface area contributed by atoms with E-state index in [0.29, 0.717) is 36.3 Å². The Morgan fingerprint density at radius 2 is 2.15 bits per heavy atom. The first-order valence-corrected chi connectivity index (χ1v) is 9.43. The predicted octanol–water partition coefficient (Wildman–Crippen LogP) is 2.89. The summed E-state index contributed by atoms with van der Waals surface area (Å²) in [7, 11) is 0. The van der Waals surface area contributed by atoms with Gasteiger partial charge in [0, 0.05) is 30.7 Å². The molecule has 0 spiro atoms. The van der Waals surface area contributed by atoms with Crippen LogP contribution in [0.1, 0.15) is 66.2 Å². The molecule has 0 bridgehead atoms. The summed E-state index contributed by atoms with van der Waals surface area (Å²) in [5, 5.41) is 16.9. The van der Waals surface area contributed by atoms with E-state index in [2.05, 4.69) is 21.5 Å². The van der Waals surface area contributed by atoms with Gasteiger partial charge in [0.25, 0.3) is 5.89 Å². The highest BCUT2D eigenvalue weighted by molar-refractivity contribution is 5.55. The van der Waals surface area contributed by atoms with E-state index >= 15 is 0 Å². The van der Waals surface area contributed by atoms with E-state index < -0.39 is 0 Å². The second-order valence-corrected chi connectivity index (χ2v) is 7.44. The van der Waals surface area contributed by atoms with E-state index in [-0.39, 0.29) is 12.0 Å². The summed E-state index contributed by atoms with van der Waals surface area (Å²) in [6, 6.07) is 4.26.